The third-order valence-electron chi connectivity index (χ3n) is 4.40. The van der Waals surface area contributed by atoms with Crippen LogP contribution in [0.3, 0.4) is 0 Å². The van der Waals surface area contributed by atoms with Gasteiger partial charge in [-0.2, -0.15) is 0 Å². The highest BCUT2D eigenvalue weighted by Gasteiger charge is 2.25. The van der Waals surface area contributed by atoms with Crippen LogP contribution in [0, 0.1) is 18.6 Å². The Morgan fingerprint density at radius 3 is 2.56 bits per heavy atom. The van der Waals surface area contributed by atoms with E-state index < -0.39 is 23.3 Å². The van der Waals surface area contributed by atoms with Gasteiger partial charge in [-0.1, -0.05) is 11.6 Å². The monoisotopic (exact) mass is 392 g/mol. The second-order valence-electron chi connectivity index (χ2n) is 5.98. The molecule has 1 aromatic heterocycles. The van der Waals surface area contributed by atoms with E-state index in [0.29, 0.717) is 5.69 Å². The van der Waals surface area contributed by atoms with Crippen LogP contribution >= 0.6 is 11.6 Å². The number of aromatic nitrogens is 1. The largest absolute Gasteiger partial charge is 0.505 e. The number of hydrogen-bond donors (Lipinski definition) is 2. The molecule has 3 rings (SSSR count). The maximum absolute atomic E-state index is 14.6. The molecule has 27 heavy (non-hydrogen) atoms. The third kappa shape index (κ3) is 3.14. The molecule has 0 aliphatic rings. The summed E-state index contributed by atoms with van der Waals surface area (Å²) in [6.07, 6.45) is -0.186. The molecule has 8 heteroatoms. The zero-order chi connectivity index (χ0) is 19.9. The SMILES string of the molecule is CNC(=O)Cc1c(C)n(C(=O)c2ccc(Cl)c(F)c2)c2ccc(O)c(F)c12. The second-order valence-corrected chi connectivity index (χ2v) is 6.38. The first kappa shape index (κ1) is 18.8. The van der Waals surface area contributed by atoms with Crippen LogP contribution in [0.4, 0.5) is 8.78 Å². The topological polar surface area (TPSA) is 71.3 Å². The van der Waals surface area contributed by atoms with Gasteiger partial charge in [0.2, 0.25) is 5.91 Å². The lowest BCUT2D eigenvalue weighted by Gasteiger charge is -2.08. The van der Waals surface area contributed by atoms with Crippen molar-refractivity contribution in [1.29, 1.82) is 0 Å². The Morgan fingerprint density at radius 2 is 1.93 bits per heavy atom. The first-order chi connectivity index (χ1) is 12.8. The summed E-state index contributed by atoms with van der Waals surface area (Å²) < 4.78 is 29.6. The summed E-state index contributed by atoms with van der Waals surface area (Å²) in [4.78, 5) is 24.8. The van der Waals surface area contributed by atoms with E-state index in [2.05, 4.69) is 5.32 Å². The Hall–Kier alpha value is -2.93. The van der Waals surface area contributed by atoms with Crippen molar-refractivity contribution < 1.29 is 23.5 Å². The highest BCUT2D eigenvalue weighted by atomic mass is 35.5. The van der Waals surface area contributed by atoms with Crippen molar-refractivity contribution in [3.63, 3.8) is 0 Å². The minimum atomic E-state index is -0.927. The Morgan fingerprint density at radius 1 is 1.22 bits per heavy atom. The van der Waals surface area contributed by atoms with Crippen LogP contribution in [0.25, 0.3) is 10.9 Å². The van der Waals surface area contributed by atoms with Gasteiger partial charge in [0.15, 0.2) is 11.6 Å². The van der Waals surface area contributed by atoms with Crippen molar-refractivity contribution in [2.75, 3.05) is 7.05 Å². The van der Waals surface area contributed by atoms with Gasteiger partial charge in [0.05, 0.1) is 17.0 Å². The standard InChI is InChI=1S/C19H15ClF2N2O3/c1-9-11(8-16(26)23-2)17-14(5-6-15(25)18(17)22)24(9)19(27)10-3-4-12(20)13(21)7-10/h3-7,25H,8H2,1-2H3,(H,23,26). The lowest BCUT2D eigenvalue weighted by atomic mass is 10.1. The van der Waals surface area contributed by atoms with Gasteiger partial charge in [-0.05, 0) is 42.8 Å². The molecule has 0 unspecified atom stereocenters. The highest BCUT2D eigenvalue weighted by molar-refractivity contribution is 6.30. The number of phenols is 1. The minimum absolute atomic E-state index is 0.0110. The Kier molecular flexibility index (Phi) is 4.89. The molecule has 1 heterocycles. The fourth-order valence-electron chi connectivity index (χ4n) is 3.01. The number of benzene rings is 2. The summed E-state index contributed by atoms with van der Waals surface area (Å²) in [6, 6.07) is 6.09. The predicted octanol–water partition coefficient (Wildman–Crippen LogP) is 3.56. The average molecular weight is 393 g/mol. The number of aromatic hydroxyl groups is 1. The molecular formula is C19H15ClF2N2O3. The number of nitrogens with one attached hydrogen (secondary N) is 1. The van der Waals surface area contributed by atoms with Crippen LogP contribution in [-0.4, -0.2) is 28.5 Å². The second kappa shape index (κ2) is 7.00. The molecule has 0 aliphatic heterocycles. The summed E-state index contributed by atoms with van der Waals surface area (Å²) in [7, 11) is 1.44. The van der Waals surface area contributed by atoms with Crippen LogP contribution in [-0.2, 0) is 11.2 Å². The normalized spacial score (nSPS) is 11.0. The number of rotatable bonds is 3. The number of phenolic OH excluding ortho intramolecular Hbond substituents is 1. The van der Waals surface area contributed by atoms with Crippen molar-refractivity contribution in [2.45, 2.75) is 13.3 Å². The van der Waals surface area contributed by atoms with Gasteiger partial charge in [0.1, 0.15) is 5.82 Å². The molecule has 0 fully saturated rings. The number of halogens is 3. The van der Waals surface area contributed by atoms with E-state index in [1.807, 2.05) is 0 Å². The van der Waals surface area contributed by atoms with Crippen molar-refractivity contribution in [3.05, 3.63) is 63.8 Å². The number of fused-ring (bicyclic) bond motifs is 1. The van der Waals surface area contributed by atoms with Gasteiger partial charge in [-0.25, -0.2) is 8.78 Å². The number of hydrogen-bond acceptors (Lipinski definition) is 3. The maximum atomic E-state index is 14.6. The van der Waals surface area contributed by atoms with Gasteiger partial charge >= 0.3 is 0 Å². The number of carbonyl (C=O) groups excluding carboxylic acids is 2. The fraction of sp³-hybridized carbons (Fsp3) is 0.158. The first-order valence-corrected chi connectivity index (χ1v) is 8.35. The molecule has 0 saturated heterocycles. The summed E-state index contributed by atoms with van der Waals surface area (Å²) >= 11 is 5.66. The number of amides is 1. The highest BCUT2D eigenvalue weighted by Crippen LogP contribution is 2.33. The van der Waals surface area contributed by atoms with Crippen LogP contribution < -0.4 is 5.32 Å². The van der Waals surface area contributed by atoms with E-state index in [1.165, 1.54) is 29.8 Å². The third-order valence-corrected chi connectivity index (χ3v) is 4.71. The number of nitrogens with zero attached hydrogens (tertiary/aromatic N) is 1. The summed E-state index contributed by atoms with van der Waals surface area (Å²) in [5, 5.41) is 12.0. The van der Waals surface area contributed by atoms with Gasteiger partial charge in [-0.15, -0.1) is 0 Å². The van der Waals surface area contributed by atoms with E-state index in [4.69, 9.17) is 11.6 Å². The maximum Gasteiger partial charge on any atom is 0.262 e. The van der Waals surface area contributed by atoms with Crippen molar-refractivity contribution >= 4 is 34.3 Å². The smallest absolute Gasteiger partial charge is 0.262 e. The van der Waals surface area contributed by atoms with Gasteiger partial charge in [0, 0.05) is 23.7 Å². The number of carbonyl (C=O) groups is 2. The molecule has 2 aromatic carbocycles. The van der Waals surface area contributed by atoms with Crippen molar-refractivity contribution in [2.24, 2.45) is 0 Å². The van der Waals surface area contributed by atoms with Crippen molar-refractivity contribution in [3.8, 4) is 5.75 Å². The van der Waals surface area contributed by atoms with E-state index >= 15 is 0 Å². The van der Waals surface area contributed by atoms with E-state index in [0.717, 1.165) is 12.1 Å². The predicted molar refractivity (Wildman–Crippen MR) is 97.2 cm³/mol. The van der Waals surface area contributed by atoms with Crippen LogP contribution in [0.1, 0.15) is 21.6 Å². The zero-order valence-electron chi connectivity index (χ0n) is 14.4. The molecular weight excluding hydrogens is 378 g/mol. The van der Waals surface area contributed by atoms with Gasteiger partial charge in [-0.3, -0.25) is 14.2 Å². The Bertz CT molecular complexity index is 1090. The molecule has 2 N–H and O–H groups in total. The van der Waals surface area contributed by atoms with Crippen LogP contribution in [0.5, 0.6) is 5.75 Å². The average Bonchev–Trinajstić information content (AvgIpc) is 2.92. The molecule has 3 aromatic rings. The molecule has 0 saturated carbocycles. The molecule has 0 atom stereocenters. The molecule has 0 bridgehead atoms. The molecule has 1 amide bonds. The minimum Gasteiger partial charge on any atom is -0.505 e. The quantitative estimate of drug-likeness (QED) is 0.716. The molecule has 140 valence electrons. The molecule has 5 nitrogen and oxygen atoms in total. The molecule has 0 aliphatic carbocycles. The summed E-state index contributed by atoms with van der Waals surface area (Å²) in [5.41, 5.74) is 0.762. The Labute approximate surface area is 158 Å². The lowest BCUT2D eigenvalue weighted by molar-refractivity contribution is -0.119. The summed E-state index contributed by atoms with van der Waals surface area (Å²) in [6.45, 7) is 1.55. The first-order valence-electron chi connectivity index (χ1n) is 7.98. The lowest BCUT2D eigenvalue weighted by Crippen LogP contribution is -2.21. The molecule has 0 radical (unpaired) electrons. The van der Waals surface area contributed by atoms with Gasteiger partial charge < -0.3 is 10.4 Å². The van der Waals surface area contributed by atoms with E-state index in [-0.39, 0.29) is 39.4 Å². The van der Waals surface area contributed by atoms with Crippen LogP contribution in [0.15, 0.2) is 30.3 Å². The van der Waals surface area contributed by atoms with Gasteiger partial charge in [0.25, 0.3) is 5.91 Å². The molecule has 0 spiro atoms. The van der Waals surface area contributed by atoms with Crippen LogP contribution in [0.2, 0.25) is 5.02 Å². The Balaban J connectivity index is 2.28. The summed E-state index contributed by atoms with van der Waals surface area (Å²) in [5.74, 6) is -3.27. The zero-order valence-corrected chi connectivity index (χ0v) is 15.2. The number of likely N-dealkylation sites (N-methyl/N-ethyl adjacent to an activating group) is 1. The van der Waals surface area contributed by atoms with Crippen molar-refractivity contribution in [1.82, 2.24) is 9.88 Å². The van der Waals surface area contributed by atoms with E-state index in [1.54, 1.807) is 6.92 Å². The fourth-order valence-corrected chi connectivity index (χ4v) is 3.13. The van der Waals surface area contributed by atoms with E-state index in [9.17, 15) is 23.5 Å².